The molecule has 1 aromatic heterocycles. The fourth-order valence-electron chi connectivity index (χ4n) is 2.41. The summed E-state index contributed by atoms with van der Waals surface area (Å²) >= 11 is 0. The zero-order chi connectivity index (χ0) is 19.1. The summed E-state index contributed by atoms with van der Waals surface area (Å²) in [5.41, 5.74) is 0.983. The molecule has 1 heterocycles. The Bertz CT molecular complexity index is 1120. The van der Waals surface area contributed by atoms with Crippen LogP contribution in [0.4, 0.5) is 4.79 Å². The first kappa shape index (κ1) is 18.0. The van der Waals surface area contributed by atoms with Crippen LogP contribution < -0.4 is 16.7 Å². The summed E-state index contributed by atoms with van der Waals surface area (Å²) < 4.78 is 9.64. The summed E-state index contributed by atoms with van der Waals surface area (Å²) in [7, 11) is 0. The van der Waals surface area contributed by atoms with Crippen LogP contribution in [0.2, 0.25) is 0 Å². The van der Waals surface area contributed by atoms with Crippen LogP contribution in [0.5, 0.6) is 0 Å². The lowest BCUT2D eigenvalue weighted by Crippen LogP contribution is -2.24. The van der Waals surface area contributed by atoms with Gasteiger partial charge in [-0.2, -0.15) is 0 Å². The van der Waals surface area contributed by atoms with Crippen molar-refractivity contribution >= 4 is 17.0 Å². The number of carbonyl (C=O) groups is 1. The molecule has 3 rings (SSSR count). The number of carbonyl (C=O) groups excluding carboxylic acids is 1. The first-order valence-electron chi connectivity index (χ1n) is 8.23. The first-order valence-corrected chi connectivity index (χ1v) is 8.23. The molecule has 0 unspecified atom stereocenters. The van der Waals surface area contributed by atoms with E-state index in [0.29, 0.717) is 24.0 Å². The third kappa shape index (κ3) is 4.86. The van der Waals surface area contributed by atoms with Gasteiger partial charge >= 0.3 is 17.5 Å². The van der Waals surface area contributed by atoms with E-state index in [9.17, 15) is 14.4 Å². The molecule has 0 saturated heterocycles. The van der Waals surface area contributed by atoms with Crippen molar-refractivity contribution in [2.24, 2.45) is 0 Å². The number of hydrogen-bond acceptors (Lipinski definition) is 5. The van der Waals surface area contributed by atoms with E-state index < -0.39 is 17.5 Å². The topological polar surface area (TPSA) is 101 Å². The summed E-state index contributed by atoms with van der Waals surface area (Å²) in [5, 5.41) is 2.83. The molecule has 3 aromatic rings. The minimum absolute atomic E-state index is 0.197. The van der Waals surface area contributed by atoms with E-state index in [1.165, 1.54) is 0 Å². The van der Waals surface area contributed by atoms with Crippen LogP contribution in [-0.4, -0.2) is 17.6 Å². The standard InChI is InChI=1S/C20H16N2O5/c23-18-17-15(10-6-11-16(17)22-20(25)27-18)9-4-5-12-21-19(24)26-13-14-7-2-1-3-8-14/h1-3,6-8,10-11H,5,12-13H2,(H,21,24)(H,22,25). The van der Waals surface area contributed by atoms with Gasteiger partial charge in [0.15, 0.2) is 0 Å². The predicted molar refractivity (Wildman–Crippen MR) is 99.2 cm³/mol. The van der Waals surface area contributed by atoms with Crippen LogP contribution in [-0.2, 0) is 11.3 Å². The monoisotopic (exact) mass is 364 g/mol. The average Bonchev–Trinajstić information content (AvgIpc) is 2.66. The second kappa shape index (κ2) is 8.54. The van der Waals surface area contributed by atoms with E-state index in [2.05, 4.69) is 26.6 Å². The molecule has 0 aliphatic rings. The van der Waals surface area contributed by atoms with Crippen LogP contribution in [0.3, 0.4) is 0 Å². The second-order valence-corrected chi connectivity index (χ2v) is 5.57. The summed E-state index contributed by atoms with van der Waals surface area (Å²) in [6.07, 6.45) is -0.157. The molecule has 7 heteroatoms. The van der Waals surface area contributed by atoms with Crippen LogP contribution >= 0.6 is 0 Å². The minimum Gasteiger partial charge on any atom is -0.445 e. The smallest absolute Gasteiger partial charge is 0.419 e. The van der Waals surface area contributed by atoms with Crippen LogP contribution in [0, 0.1) is 11.8 Å². The molecule has 7 nitrogen and oxygen atoms in total. The van der Waals surface area contributed by atoms with Crippen molar-refractivity contribution < 1.29 is 13.9 Å². The molecule has 0 radical (unpaired) electrons. The molecule has 0 saturated carbocycles. The molecule has 2 N–H and O–H groups in total. The molecule has 0 aliphatic heterocycles. The van der Waals surface area contributed by atoms with Crippen molar-refractivity contribution in [1.82, 2.24) is 10.3 Å². The number of fused-ring (bicyclic) bond motifs is 1. The summed E-state index contributed by atoms with van der Waals surface area (Å²) in [6.45, 7) is 0.499. The van der Waals surface area contributed by atoms with Gasteiger partial charge in [-0.1, -0.05) is 48.2 Å². The van der Waals surface area contributed by atoms with E-state index in [4.69, 9.17) is 4.74 Å². The fourth-order valence-corrected chi connectivity index (χ4v) is 2.41. The van der Waals surface area contributed by atoms with E-state index >= 15 is 0 Å². The highest BCUT2D eigenvalue weighted by atomic mass is 16.5. The Hall–Kier alpha value is -3.79. The van der Waals surface area contributed by atoms with E-state index in [1.807, 2.05) is 30.3 Å². The Morgan fingerprint density at radius 3 is 2.74 bits per heavy atom. The Balaban J connectivity index is 1.54. The highest BCUT2D eigenvalue weighted by Gasteiger charge is 2.06. The van der Waals surface area contributed by atoms with E-state index in [1.54, 1.807) is 18.2 Å². The third-order valence-electron chi connectivity index (χ3n) is 3.65. The van der Waals surface area contributed by atoms with Gasteiger partial charge in [-0.3, -0.25) is 4.98 Å². The normalized spacial score (nSPS) is 10.1. The van der Waals surface area contributed by atoms with Crippen molar-refractivity contribution in [3.63, 3.8) is 0 Å². The molecular weight excluding hydrogens is 348 g/mol. The number of alkyl carbamates (subject to hydrolysis) is 1. The molecule has 27 heavy (non-hydrogen) atoms. The number of aromatic amines is 1. The highest BCUT2D eigenvalue weighted by molar-refractivity contribution is 5.83. The largest absolute Gasteiger partial charge is 0.445 e. The zero-order valence-electron chi connectivity index (χ0n) is 14.3. The Morgan fingerprint density at radius 1 is 1.11 bits per heavy atom. The van der Waals surface area contributed by atoms with Gasteiger partial charge < -0.3 is 14.5 Å². The second-order valence-electron chi connectivity index (χ2n) is 5.57. The first-order chi connectivity index (χ1) is 13.1. The lowest BCUT2D eigenvalue weighted by atomic mass is 10.1. The summed E-state index contributed by atoms with van der Waals surface area (Å²) in [6, 6.07) is 14.3. The van der Waals surface area contributed by atoms with Gasteiger partial charge in [0.25, 0.3) is 0 Å². The Kier molecular flexibility index (Phi) is 5.70. The minimum atomic E-state index is -0.809. The number of aromatic nitrogens is 1. The third-order valence-corrected chi connectivity index (χ3v) is 3.65. The SMILES string of the molecule is O=C(NCCC#Cc1cccc2[nH]c(=O)oc(=O)c12)OCc1ccccc1. The molecule has 0 spiro atoms. The van der Waals surface area contributed by atoms with Crippen molar-refractivity contribution in [3.8, 4) is 11.8 Å². The average molecular weight is 364 g/mol. The predicted octanol–water partition coefficient (Wildman–Crippen LogP) is 2.15. The lowest BCUT2D eigenvalue weighted by molar-refractivity contribution is 0.140. The summed E-state index contributed by atoms with van der Waals surface area (Å²) in [5.74, 6) is 4.92. The fraction of sp³-hybridized carbons (Fsp3) is 0.150. The van der Waals surface area contributed by atoms with Gasteiger partial charge in [0.2, 0.25) is 0 Å². The number of benzene rings is 2. The quantitative estimate of drug-likeness (QED) is 0.546. The van der Waals surface area contributed by atoms with Gasteiger partial charge in [-0.25, -0.2) is 14.4 Å². The van der Waals surface area contributed by atoms with Gasteiger partial charge in [0.1, 0.15) is 6.61 Å². The van der Waals surface area contributed by atoms with Gasteiger partial charge in [-0.05, 0) is 17.7 Å². The maximum absolute atomic E-state index is 11.9. The van der Waals surface area contributed by atoms with Gasteiger partial charge in [0, 0.05) is 18.5 Å². The number of rotatable bonds is 4. The maximum Gasteiger partial charge on any atom is 0.419 e. The molecule has 1 amide bonds. The van der Waals surface area contributed by atoms with Crippen LogP contribution in [0.15, 0.2) is 62.5 Å². The highest BCUT2D eigenvalue weighted by Crippen LogP contribution is 2.10. The molecule has 136 valence electrons. The van der Waals surface area contributed by atoms with Crippen LogP contribution in [0.25, 0.3) is 10.9 Å². The van der Waals surface area contributed by atoms with E-state index in [-0.39, 0.29) is 12.0 Å². The number of nitrogens with one attached hydrogen (secondary N) is 2. The molecule has 0 aliphatic carbocycles. The zero-order valence-corrected chi connectivity index (χ0v) is 14.3. The number of ether oxygens (including phenoxy) is 1. The van der Waals surface area contributed by atoms with Gasteiger partial charge in [-0.15, -0.1) is 0 Å². The number of hydrogen-bond donors (Lipinski definition) is 2. The number of amides is 1. The molecular formula is C20H16N2O5. The molecule has 0 bridgehead atoms. The van der Waals surface area contributed by atoms with Crippen molar-refractivity contribution in [3.05, 3.63) is 80.6 Å². The maximum atomic E-state index is 11.9. The molecule has 2 aromatic carbocycles. The van der Waals surface area contributed by atoms with Crippen molar-refractivity contribution in [2.75, 3.05) is 6.54 Å². The Labute approximate surface area is 154 Å². The lowest BCUT2D eigenvalue weighted by Gasteiger charge is -2.05. The van der Waals surface area contributed by atoms with Crippen molar-refractivity contribution in [2.45, 2.75) is 13.0 Å². The number of H-pyrrole nitrogens is 1. The summed E-state index contributed by atoms with van der Waals surface area (Å²) in [4.78, 5) is 37.2. The molecule has 0 fully saturated rings. The van der Waals surface area contributed by atoms with Gasteiger partial charge in [0.05, 0.1) is 10.9 Å². The molecule has 0 atom stereocenters. The van der Waals surface area contributed by atoms with E-state index in [0.717, 1.165) is 5.56 Å². The Morgan fingerprint density at radius 2 is 1.93 bits per heavy atom. The van der Waals surface area contributed by atoms with Crippen LogP contribution in [0.1, 0.15) is 17.5 Å². The van der Waals surface area contributed by atoms with Crippen molar-refractivity contribution in [1.29, 1.82) is 0 Å².